The van der Waals surface area contributed by atoms with Crippen LogP contribution in [0.5, 0.6) is 5.75 Å². The monoisotopic (exact) mass is 329 g/mol. The second-order valence-corrected chi connectivity index (χ2v) is 6.43. The Morgan fingerprint density at radius 3 is 2.67 bits per heavy atom. The lowest BCUT2D eigenvalue weighted by atomic mass is 9.88. The maximum Gasteiger partial charge on any atom is 0.133 e. The molecule has 0 saturated heterocycles. The Balaban J connectivity index is 2.41. The average Bonchev–Trinajstić information content (AvgIpc) is 2.26. The zero-order valence-corrected chi connectivity index (χ0v) is 13.5. The van der Waals surface area contributed by atoms with Crippen molar-refractivity contribution in [3.63, 3.8) is 0 Å². The fourth-order valence-corrected chi connectivity index (χ4v) is 2.25. The van der Waals surface area contributed by atoms with Gasteiger partial charge in [-0.1, -0.05) is 32.1 Å². The van der Waals surface area contributed by atoms with Gasteiger partial charge in [0.15, 0.2) is 0 Å². The van der Waals surface area contributed by atoms with Gasteiger partial charge in [-0.25, -0.2) is 0 Å². The molecule has 0 saturated carbocycles. The smallest absolute Gasteiger partial charge is 0.133 e. The lowest BCUT2D eigenvalue weighted by Crippen LogP contribution is -2.30. The van der Waals surface area contributed by atoms with Gasteiger partial charge in [-0.2, -0.15) is 0 Å². The van der Waals surface area contributed by atoms with Crippen LogP contribution in [0.25, 0.3) is 0 Å². The number of aryl methyl sites for hydroxylation is 1. The summed E-state index contributed by atoms with van der Waals surface area (Å²) in [5.74, 6) is 0.883. The molecule has 0 aliphatic rings. The summed E-state index contributed by atoms with van der Waals surface area (Å²) < 4.78 is 6.73. The van der Waals surface area contributed by atoms with Crippen molar-refractivity contribution in [2.24, 2.45) is 11.1 Å². The summed E-state index contributed by atoms with van der Waals surface area (Å²) >= 11 is 8.54. The first-order valence-electron chi connectivity index (χ1n) is 6.02. The fraction of sp³-hybridized carbons (Fsp3) is 0.500. The van der Waals surface area contributed by atoms with Crippen molar-refractivity contribution in [3.8, 4) is 5.75 Å². The van der Waals surface area contributed by atoms with E-state index < -0.39 is 0 Å². The molecule has 1 rings (SSSR count). The fourth-order valence-electron chi connectivity index (χ4n) is 1.54. The average molecular weight is 330 g/mol. The zero-order valence-electron chi connectivity index (χ0n) is 11.1. The number of hydrogen-bond donors (Lipinski definition) is 1. The van der Waals surface area contributed by atoms with Crippen LogP contribution in [0, 0.1) is 12.3 Å². The molecule has 100 valence electrons. The van der Waals surface area contributed by atoms with Crippen LogP contribution >= 0.6 is 28.1 Å². The van der Waals surface area contributed by atoms with Gasteiger partial charge in [0.05, 0.1) is 16.1 Å². The molecule has 0 aromatic heterocycles. The number of rotatable bonds is 6. The molecule has 0 aliphatic heterocycles. The van der Waals surface area contributed by atoms with Gasteiger partial charge in [0.2, 0.25) is 0 Å². The molecule has 0 spiro atoms. The third-order valence-corrected chi connectivity index (χ3v) is 4.13. The van der Waals surface area contributed by atoms with Gasteiger partial charge in [0.1, 0.15) is 5.75 Å². The van der Waals surface area contributed by atoms with Crippen LogP contribution in [0.4, 0.5) is 0 Å². The molecular formula is C14H20BrNOS. The van der Waals surface area contributed by atoms with Crippen molar-refractivity contribution >= 4 is 33.1 Å². The molecule has 18 heavy (non-hydrogen) atoms. The highest BCUT2D eigenvalue weighted by atomic mass is 79.9. The number of nitrogens with two attached hydrogens (primary N) is 1. The van der Waals surface area contributed by atoms with E-state index in [9.17, 15) is 0 Å². The predicted octanol–water partition coefficient (Wildman–Crippen LogP) is 4.23. The third kappa shape index (κ3) is 4.58. The maximum absolute atomic E-state index is 5.74. The van der Waals surface area contributed by atoms with E-state index in [0.29, 0.717) is 11.6 Å². The van der Waals surface area contributed by atoms with E-state index in [2.05, 4.69) is 36.7 Å². The van der Waals surface area contributed by atoms with E-state index in [-0.39, 0.29) is 5.41 Å². The molecule has 2 N–H and O–H groups in total. The molecule has 0 bridgehead atoms. The Morgan fingerprint density at radius 2 is 2.11 bits per heavy atom. The molecule has 0 unspecified atom stereocenters. The first-order chi connectivity index (χ1) is 8.33. The number of halogens is 1. The van der Waals surface area contributed by atoms with Gasteiger partial charge >= 0.3 is 0 Å². The normalized spacial score (nSPS) is 11.3. The standard InChI is InChI=1S/C14H20BrNOS/c1-10-5-6-12(11(15)9-10)17-8-4-7-14(2,3)13(16)18/h5-6,9H,4,7-8H2,1-3H3,(H2,16,18). The summed E-state index contributed by atoms with van der Waals surface area (Å²) in [5, 5.41) is 0. The Morgan fingerprint density at radius 1 is 1.44 bits per heavy atom. The van der Waals surface area contributed by atoms with Gasteiger partial charge in [0, 0.05) is 5.41 Å². The largest absolute Gasteiger partial charge is 0.492 e. The molecule has 0 fully saturated rings. The lowest BCUT2D eigenvalue weighted by Gasteiger charge is -2.22. The molecule has 1 aromatic carbocycles. The van der Waals surface area contributed by atoms with Crippen LogP contribution < -0.4 is 10.5 Å². The summed E-state index contributed by atoms with van der Waals surface area (Å²) in [4.78, 5) is 0.569. The second kappa shape index (κ2) is 6.53. The second-order valence-electron chi connectivity index (χ2n) is 5.13. The Bertz CT molecular complexity index is 432. The van der Waals surface area contributed by atoms with Gasteiger partial charge in [0.25, 0.3) is 0 Å². The van der Waals surface area contributed by atoms with Crippen molar-refractivity contribution in [2.75, 3.05) is 6.61 Å². The number of hydrogen-bond acceptors (Lipinski definition) is 2. The van der Waals surface area contributed by atoms with Crippen molar-refractivity contribution in [1.82, 2.24) is 0 Å². The highest BCUT2D eigenvalue weighted by Crippen LogP contribution is 2.27. The van der Waals surface area contributed by atoms with E-state index in [1.165, 1.54) is 5.56 Å². The lowest BCUT2D eigenvalue weighted by molar-refractivity contribution is 0.286. The van der Waals surface area contributed by atoms with Gasteiger partial charge in [-0.05, 0) is 53.4 Å². The summed E-state index contributed by atoms with van der Waals surface area (Å²) in [5.41, 5.74) is 6.81. The summed E-state index contributed by atoms with van der Waals surface area (Å²) in [6.07, 6.45) is 1.87. The van der Waals surface area contributed by atoms with E-state index in [1.54, 1.807) is 0 Å². The maximum atomic E-state index is 5.74. The van der Waals surface area contributed by atoms with Crippen LogP contribution in [0.2, 0.25) is 0 Å². The Kier molecular flexibility index (Phi) is 5.60. The highest BCUT2D eigenvalue weighted by Gasteiger charge is 2.20. The molecule has 0 radical (unpaired) electrons. The van der Waals surface area contributed by atoms with E-state index >= 15 is 0 Å². The van der Waals surface area contributed by atoms with Crippen LogP contribution in [0.3, 0.4) is 0 Å². The Labute approximate surface area is 123 Å². The van der Waals surface area contributed by atoms with Crippen molar-refractivity contribution in [2.45, 2.75) is 33.6 Å². The molecule has 0 amide bonds. The van der Waals surface area contributed by atoms with Crippen LogP contribution in [-0.2, 0) is 0 Å². The predicted molar refractivity (Wildman–Crippen MR) is 84.2 cm³/mol. The van der Waals surface area contributed by atoms with Gasteiger partial charge in [-0.15, -0.1) is 0 Å². The first-order valence-corrected chi connectivity index (χ1v) is 7.22. The SMILES string of the molecule is Cc1ccc(OCCCC(C)(C)C(N)=S)c(Br)c1. The molecule has 0 aliphatic carbocycles. The van der Waals surface area contributed by atoms with Crippen LogP contribution in [0.1, 0.15) is 32.3 Å². The summed E-state index contributed by atoms with van der Waals surface area (Å²) in [6, 6.07) is 6.07. The minimum atomic E-state index is -0.0940. The first kappa shape index (κ1) is 15.4. The van der Waals surface area contributed by atoms with Crippen LogP contribution in [0.15, 0.2) is 22.7 Å². The van der Waals surface area contributed by atoms with E-state index in [0.717, 1.165) is 23.1 Å². The number of thiocarbonyl (C=S) groups is 1. The van der Waals surface area contributed by atoms with Crippen LogP contribution in [-0.4, -0.2) is 11.6 Å². The zero-order chi connectivity index (χ0) is 13.8. The molecule has 1 aromatic rings. The topological polar surface area (TPSA) is 35.2 Å². The van der Waals surface area contributed by atoms with Crippen molar-refractivity contribution in [3.05, 3.63) is 28.2 Å². The highest BCUT2D eigenvalue weighted by molar-refractivity contribution is 9.10. The van der Waals surface area contributed by atoms with Crippen molar-refractivity contribution in [1.29, 1.82) is 0 Å². The van der Waals surface area contributed by atoms with Gasteiger partial charge < -0.3 is 10.5 Å². The minimum absolute atomic E-state index is 0.0940. The summed E-state index contributed by atoms with van der Waals surface area (Å²) in [7, 11) is 0. The molecule has 0 heterocycles. The Hall–Kier alpha value is -0.610. The van der Waals surface area contributed by atoms with E-state index in [4.69, 9.17) is 22.7 Å². The molecule has 0 atom stereocenters. The quantitative estimate of drug-likeness (QED) is 0.626. The van der Waals surface area contributed by atoms with Crippen molar-refractivity contribution < 1.29 is 4.74 Å². The minimum Gasteiger partial charge on any atom is -0.492 e. The number of ether oxygens (including phenoxy) is 1. The van der Waals surface area contributed by atoms with E-state index in [1.807, 2.05) is 18.2 Å². The third-order valence-electron chi connectivity index (χ3n) is 2.96. The van der Waals surface area contributed by atoms with Gasteiger partial charge in [-0.3, -0.25) is 0 Å². The number of benzene rings is 1. The summed E-state index contributed by atoms with van der Waals surface area (Å²) in [6.45, 7) is 6.86. The molecule has 2 nitrogen and oxygen atoms in total. The molecule has 4 heteroatoms. The molecular weight excluding hydrogens is 310 g/mol.